The van der Waals surface area contributed by atoms with Gasteiger partial charge in [0.25, 0.3) is 0 Å². The highest BCUT2D eigenvalue weighted by Crippen LogP contribution is 2.16. The zero-order valence-corrected chi connectivity index (χ0v) is 13.7. The average molecular weight is 333 g/mol. The summed E-state index contributed by atoms with van der Waals surface area (Å²) in [4.78, 5) is 18.5. The molecule has 24 heavy (non-hydrogen) atoms. The first-order chi connectivity index (χ1) is 11.8. The summed E-state index contributed by atoms with van der Waals surface area (Å²) in [7, 11) is 0. The van der Waals surface area contributed by atoms with Gasteiger partial charge in [-0.1, -0.05) is 5.16 Å². The van der Waals surface area contributed by atoms with Crippen molar-refractivity contribution in [2.45, 2.75) is 19.3 Å². The Hall–Kier alpha value is -2.19. The number of carbonyl (C=O) groups excluding carboxylic acids is 1. The Balaban J connectivity index is 1.31. The number of amides is 1. The number of aryl methyl sites for hydroxylation is 1. The normalized spacial score (nSPS) is 15.5. The minimum Gasteiger partial charge on any atom is -0.461 e. The molecule has 1 amide bonds. The highest BCUT2D eigenvalue weighted by atomic mass is 16.5. The molecular formula is C16H23N5O3. The molecule has 2 aromatic rings. The maximum absolute atomic E-state index is 11.9. The molecule has 1 fully saturated rings. The molecule has 1 saturated heterocycles. The molecule has 0 atom stereocenters. The first kappa shape index (κ1) is 16.7. The lowest BCUT2D eigenvalue weighted by Crippen LogP contribution is -2.44. The second kappa shape index (κ2) is 8.60. The summed E-state index contributed by atoms with van der Waals surface area (Å²) in [5.74, 6) is 1.42. The van der Waals surface area contributed by atoms with Crippen LogP contribution in [0.15, 0.2) is 27.3 Å². The monoisotopic (exact) mass is 333 g/mol. The van der Waals surface area contributed by atoms with E-state index in [4.69, 9.17) is 8.94 Å². The molecule has 1 aliphatic rings. The Morgan fingerprint density at radius 2 is 2.25 bits per heavy atom. The van der Waals surface area contributed by atoms with Crippen molar-refractivity contribution in [1.29, 1.82) is 0 Å². The van der Waals surface area contributed by atoms with E-state index in [0.29, 0.717) is 36.9 Å². The summed E-state index contributed by atoms with van der Waals surface area (Å²) in [6.07, 6.45) is 3.29. The number of furan rings is 1. The van der Waals surface area contributed by atoms with Crippen LogP contribution in [0.2, 0.25) is 0 Å². The van der Waals surface area contributed by atoms with Gasteiger partial charge in [0.2, 0.25) is 17.6 Å². The summed E-state index contributed by atoms with van der Waals surface area (Å²) >= 11 is 0. The number of rotatable bonds is 8. The predicted molar refractivity (Wildman–Crippen MR) is 87.3 cm³/mol. The van der Waals surface area contributed by atoms with Crippen LogP contribution in [0.3, 0.4) is 0 Å². The number of piperazine rings is 1. The number of carbonyl (C=O) groups is 1. The first-order valence-electron chi connectivity index (χ1n) is 8.37. The molecule has 0 spiro atoms. The fourth-order valence-electron chi connectivity index (χ4n) is 2.64. The number of aromatic nitrogens is 2. The fraction of sp³-hybridized carbons (Fsp3) is 0.562. The minimum atomic E-state index is 0.00746. The van der Waals surface area contributed by atoms with Gasteiger partial charge >= 0.3 is 0 Å². The standard InChI is InChI=1S/C16H23N5O3/c22-14(18-6-2-9-21-10-7-17-8-11-21)4-5-15-19-16(20-24-15)13-3-1-12-23-13/h1,3,12,17H,2,4-11H2,(H,18,22). The Bertz CT molecular complexity index is 619. The topological polar surface area (TPSA) is 96.4 Å². The summed E-state index contributed by atoms with van der Waals surface area (Å²) in [5.41, 5.74) is 0. The van der Waals surface area contributed by atoms with Gasteiger partial charge in [-0.2, -0.15) is 4.98 Å². The van der Waals surface area contributed by atoms with E-state index >= 15 is 0 Å². The third-order valence-electron chi connectivity index (χ3n) is 3.96. The third-order valence-corrected chi connectivity index (χ3v) is 3.96. The van der Waals surface area contributed by atoms with Crippen LogP contribution in [0, 0.1) is 0 Å². The summed E-state index contributed by atoms with van der Waals surface area (Å²) in [6, 6.07) is 3.53. The van der Waals surface area contributed by atoms with Crippen LogP contribution >= 0.6 is 0 Å². The molecule has 0 saturated carbocycles. The van der Waals surface area contributed by atoms with Gasteiger partial charge in [-0.25, -0.2) is 0 Å². The Morgan fingerprint density at radius 1 is 1.38 bits per heavy atom. The van der Waals surface area contributed by atoms with Crippen molar-refractivity contribution in [3.8, 4) is 11.6 Å². The van der Waals surface area contributed by atoms with Gasteiger partial charge < -0.3 is 24.5 Å². The molecule has 3 rings (SSSR count). The second-order valence-corrected chi connectivity index (χ2v) is 5.78. The van der Waals surface area contributed by atoms with Crippen molar-refractivity contribution in [3.63, 3.8) is 0 Å². The van der Waals surface area contributed by atoms with Crippen molar-refractivity contribution in [2.75, 3.05) is 39.3 Å². The second-order valence-electron chi connectivity index (χ2n) is 5.78. The molecule has 0 bridgehead atoms. The van der Waals surface area contributed by atoms with E-state index in [-0.39, 0.29) is 5.91 Å². The van der Waals surface area contributed by atoms with E-state index in [1.54, 1.807) is 18.4 Å². The lowest BCUT2D eigenvalue weighted by Gasteiger charge is -2.27. The molecule has 1 aliphatic heterocycles. The summed E-state index contributed by atoms with van der Waals surface area (Å²) in [6.45, 7) is 6.00. The molecular weight excluding hydrogens is 310 g/mol. The van der Waals surface area contributed by atoms with Crippen LogP contribution < -0.4 is 10.6 Å². The molecule has 2 aromatic heterocycles. The Labute approximate surface area is 140 Å². The van der Waals surface area contributed by atoms with Crippen molar-refractivity contribution < 1.29 is 13.7 Å². The highest BCUT2D eigenvalue weighted by molar-refractivity contribution is 5.75. The van der Waals surface area contributed by atoms with Crippen molar-refractivity contribution in [2.24, 2.45) is 0 Å². The number of nitrogens with one attached hydrogen (secondary N) is 2. The number of nitrogens with zero attached hydrogens (tertiary/aromatic N) is 3. The van der Waals surface area contributed by atoms with Gasteiger partial charge in [-0.3, -0.25) is 4.79 Å². The minimum absolute atomic E-state index is 0.00746. The van der Waals surface area contributed by atoms with Gasteiger partial charge in [0, 0.05) is 45.6 Å². The van der Waals surface area contributed by atoms with Crippen molar-refractivity contribution >= 4 is 5.91 Å². The van der Waals surface area contributed by atoms with E-state index in [1.165, 1.54) is 0 Å². The fourth-order valence-corrected chi connectivity index (χ4v) is 2.64. The van der Waals surface area contributed by atoms with Crippen LogP contribution in [0.5, 0.6) is 0 Å². The van der Waals surface area contributed by atoms with Crippen LogP contribution in [0.4, 0.5) is 0 Å². The third kappa shape index (κ3) is 4.90. The SMILES string of the molecule is O=C(CCc1nc(-c2ccco2)no1)NCCCN1CCNCC1. The van der Waals surface area contributed by atoms with E-state index in [0.717, 1.165) is 39.1 Å². The first-order valence-corrected chi connectivity index (χ1v) is 8.37. The zero-order chi connectivity index (χ0) is 16.6. The van der Waals surface area contributed by atoms with Gasteiger partial charge in [0.15, 0.2) is 5.76 Å². The predicted octanol–water partition coefficient (Wildman–Crippen LogP) is 0.674. The van der Waals surface area contributed by atoms with Crippen LogP contribution in [0.25, 0.3) is 11.6 Å². The lowest BCUT2D eigenvalue weighted by atomic mass is 10.2. The van der Waals surface area contributed by atoms with Crippen molar-refractivity contribution in [1.82, 2.24) is 25.7 Å². The maximum Gasteiger partial charge on any atom is 0.238 e. The molecule has 0 radical (unpaired) electrons. The zero-order valence-electron chi connectivity index (χ0n) is 13.7. The molecule has 8 heteroatoms. The average Bonchev–Trinajstić information content (AvgIpc) is 3.29. The Morgan fingerprint density at radius 3 is 3.04 bits per heavy atom. The molecule has 3 heterocycles. The molecule has 0 aliphatic carbocycles. The van der Waals surface area contributed by atoms with Crippen molar-refractivity contribution in [3.05, 3.63) is 24.3 Å². The van der Waals surface area contributed by atoms with Crippen LogP contribution in [0.1, 0.15) is 18.7 Å². The Kier molecular flexibility index (Phi) is 5.97. The summed E-state index contributed by atoms with van der Waals surface area (Å²) in [5, 5.41) is 10.1. The van der Waals surface area contributed by atoms with Gasteiger partial charge in [-0.15, -0.1) is 0 Å². The molecule has 0 unspecified atom stereocenters. The van der Waals surface area contributed by atoms with Gasteiger partial charge in [-0.05, 0) is 25.1 Å². The van der Waals surface area contributed by atoms with Gasteiger partial charge in [0.1, 0.15) is 0 Å². The number of hydrogen-bond acceptors (Lipinski definition) is 7. The van der Waals surface area contributed by atoms with E-state index in [9.17, 15) is 4.79 Å². The maximum atomic E-state index is 11.9. The van der Waals surface area contributed by atoms with E-state index < -0.39 is 0 Å². The number of hydrogen-bond donors (Lipinski definition) is 2. The molecule has 130 valence electrons. The van der Waals surface area contributed by atoms with Crippen LogP contribution in [-0.4, -0.2) is 60.2 Å². The smallest absolute Gasteiger partial charge is 0.238 e. The highest BCUT2D eigenvalue weighted by Gasteiger charge is 2.12. The van der Waals surface area contributed by atoms with E-state index in [2.05, 4.69) is 25.7 Å². The summed E-state index contributed by atoms with van der Waals surface area (Å²) < 4.78 is 10.3. The largest absolute Gasteiger partial charge is 0.461 e. The van der Waals surface area contributed by atoms with E-state index in [1.807, 2.05) is 0 Å². The molecule has 0 aromatic carbocycles. The quantitative estimate of drug-likeness (QED) is 0.686. The van der Waals surface area contributed by atoms with Crippen LogP contribution in [-0.2, 0) is 11.2 Å². The molecule has 8 nitrogen and oxygen atoms in total. The molecule has 2 N–H and O–H groups in total. The lowest BCUT2D eigenvalue weighted by molar-refractivity contribution is -0.121. The van der Waals surface area contributed by atoms with Gasteiger partial charge in [0.05, 0.1) is 6.26 Å².